The van der Waals surface area contributed by atoms with Gasteiger partial charge >= 0.3 is 0 Å². The van der Waals surface area contributed by atoms with E-state index in [-0.39, 0.29) is 6.04 Å². The minimum absolute atomic E-state index is 0.225. The van der Waals surface area contributed by atoms with Crippen LogP contribution in [0.25, 0.3) is 0 Å². The van der Waals surface area contributed by atoms with Crippen LogP contribution in [-0.4, -0.2) is 16.9 Å². The highest BCUT2D eigenvalue weighted by atomic mass is 79.9. The van der Waals surface area contributed by atoms with Gasteiger partial charge in [0.15, 0.2) is 0 Å². The lowest BCUT2D eigenvalue weighted by Gasteiger charge is -2.16. The van der Waals surface area contributed by atoms with Crippen LogP contribution in [0.15, 0.2) is 34.9 Å². The van der Waals surface area contributed by atoms with Crippen molar-refractivity contribution in [3.8, 4) is 5.75 Å². The van der Waals surface area contributed by atoms with Crippen LogP contribution >= 0.6 is 15.9 Å². The van der Waals surface area contributed by atoms with Crippen molar-refractivity contribution < 1.29 is 4.74 Å². The Morgan fingerprint density at radius 2 is 2.22 bits per heavy atom. The molecule has 0 fully saturated rings. The van der Waals surface area contributed by atoms with Gasteiger partial charge in [-0.1, -0.05) is 15.9 Å². The monoisotopic (exact) mass is 309 g/mol. The van der Waals surface area contributed by atoms with Crippen molar-refractivity contribution in [3.05, 3.63) is 46.2 Å². The highest BCUT2D eigenvalue weighted by Gasteiger charge is 2.16. The number of nitrogens with two attached hydrogens (primary N) is 1. The van der Waals surface area contributed by atoms with Crippen molar-refractivity contribution in [3.63, 3.8) is 0 Å². The van der Waals surface area contributed by atoms with E-state index in [1.54, 1.807) is 13.3 Å². The molecule has 2 aromatic rings. The molecular formula is C13H16BrN3O. The van der Waals surface area contributed by atoms with Gasteiger partial charge in [0.1, 0.15) is 5.75 Å². The topological polar surface area (TPSA) is 53.1 Å². The highest BCUT2D eigenvalue weighted by Crippen LogP contribution is 2.30. The fourth-order valence-electron chi connectivity index (χ4n) is 1.92. The maximum atomic E-state index is 6.32. The van der Waals surface area contributed by atoms with Crippen LogP contribution in [-0.2, 0) is 6.54 Å². The number of nitrogens with zero attached hydrogens (tertiary/aromatic N) is 2. The van der Waals surface area contributed by atoms with E-state index in [9.17, 15) is 0 Å². The SMILES string of the molecule is CCn1nccc1C(N)c1cc(OC)ccc1Br. The van der Waals surface area contributed by atoms with Gasteiger partial charge in [0, 0.05) is 17.2 Å². The molecule has 1 heterocycles. The molecule has 1 unspecified atom stereocenters. The van der Waals surface area contributed by atoms with Gasteiger partial charge in [-0.2, -0.15) is 5.10 Å². The average Bonchev–Trinajstić information content (AvgIpc) is 2.86. The molecule has 5 heteroatoms. The fourth-order valence-corrected chi connectivity index (χ4v) is 2.41. The van der Waals surface area contributed by atoms with Gasteiger partial charge in [-0.25, -0.2) is 0 Å². The van der Waals surface area contributed by atoms with Crippen LogP contribution in [0, 0.1) is 0 Å². The van der Waals surface area contributed by atoms with Crippen LogP contribution < -0.4 is 10.5 Å². The van der Waals surface area contributed by atoms with Crippen LogP contribution in [0.2, 0.25) is 0 Å². The molecule has 0 bridgehead atoms. The molecule has 18 heavy (non-hydrogen) atoms. The third kappa shape index (κ3) is 2.42. The Bertz CT molecular complexity index is 539. The quantitative estimate of drug-likeness (QED) is 0.944. The molecule has 1 aromatic heterocycles. The molecule has 0 aliphatic heterocycles. The van der Waals surface area contributed by atoms with Gasteiger partial charge in [0.05, 0.1) is 18.8 Å². The summed E-state index contributed by atoms with van der Waals surface area (Å²) in [7, 11) is 1.65. The second kappa shape index (κ2) is 5.54. The third-order valence-corrected chi connectivity index (χ3v) is 3.63. The van der Waals surface area contributed by atoms with E-state index in [1.165, 1.54) is 0 Å². The second-order valence-electron chi connectivity index (χ2n) is 3.94. The molecule has 0 aliphatic rings. The highest BCUT2D eigenvalue weighted by molar-refractivity contribution is 9.10. The Hall–Kier alpha value is -1.33. The molecule has 0 spiro atoms. The van der Waals surface area contributed by atoms with Crippen molar-refractivity contribution in [1.29, 1.82) is 0 Å². The van der Waals surface area contributed by atoms with E-state index in [4.69, 9.17) is 10.5 Å². The largest absolute Gasteiger partial charge is 0.497 e. The number of aryl methyl sites for hydroxylation is 1. The number of hydrogen-bond acceptors (Lipinski definition) is 3. The molecule has 0 saturated carbocycles. The van der Waals surface area contributed by atoms with E-state index >= 15 is 0 Å². The maximum absolute atomic E-state index is 6.32. The van der Waals surface area contributed by atoms with E-state index in [0.29, 0.717) is 0 Å². The van der Waals surface area contributed by atoms with Crippen molar-refractivity contribution >= 4 is 15.9 Å². The Kier molecular flexibility index (Phi) is 4.04. The predicted molar refractivity (Wildman–Crippen MR) is 74.6 cm³/mol. The summed E-state index contributed by atoms with van der Waals surface area (Å²) >= 11 is 3.53. The zero-order valence-corrected chi connectivity index (χ0v) is 12.0. The van der Waals surface area contributed by atoms with Crippen molar-refractivity contribution in [2.75, 3.05) is 7.11 Å². The van der Waals surface area contributed by atoms with Crippen LogP contribution in [0.5, 0.6) is 5.75 Å². The molecule has 4 nitrogen and oxygen atoms in total. The molecule has 2 rings (SSSR count). The smallest absolute Gasteiger partial charge is 0.119 e. The summed E-state index contributed by atoms with van der Waals surface area (Å²) in [5.41, 5.74) is 8.30. The van der Waals surface area contributed by atoms with Crippen molar-refractivity contribution in [1.82, 2.24) is 9.78 Å². The number of aromatic nitrogens is 2. The number of halogens is 1. The maximum Gasteiger partial charge on any atom is 0.119 e. The lowest BCUT2D eigenvalue weighted by Crippen LogP contribution is -2.17. The van der Waals surface area contributed by atoms with Gasteiger partial charge in [0.25, 0.3) is 0 Å². The third-order valence-electron chi connectivity index (χ3n) is 2.91. The molecule has 0 aliphatic carbocycles. The predicted octanol–water partition coefficient (Wildman–Crippen LogP) is 2.72. The van der Waals surface area contributed by atoms with Gasteiger partial charge < -0.3 is 10.5 Å². The first kappa shape index (κ1) is 13.1. The van der Waals surface area contributed by atoms with Crippen molar-refractivity contribution in [2.24, 2.45) is 5.73 Å². The zero-order chi connectivity index (χ0) is 13.1. The molecule has 0 radical (unpaired) electrons. The standard InChI is InChI=1S/C13H16BrN3O/c1-3-17-12(6-7-16-17)13(15)10-8-9(18-2)4-5-11(10)14/h4-8,13H,3,15H2,1-2H3. The molecular weight excluding hydrogens is 294 g/mol. The van der Waals surface area contributed by atoms with Crippen LogP contribution in [0.3, 0.4) is 0 Å². The number of ether oxygens (including phenoxy) is 1. The Labute approximate surface area is 115 Å². The molecule has 2 N–H and O–H groups in total. The summed E-state index contributed by atoms with van der Waals surface area (Å²) < 4.78 is 8.11. The van der Waals surface area contributed by atoms with Crippen LogP contribution in [0.4, 0.5) is 0 Å². The summed E-state index contributed by atoms with van der Waals surface area (Å²) in [4.78, 5) is 0. The fraction of sp³-hybridized carbons (Fsp3) is 0.308. The first-order chi connectivity index (χ1) is 8.67. The minimum atomic E-state index is -0.225. The normalized spacial score (nSPS) is 12.4. The number of methoxy groups -OCH3 is 1. The van der Waals surface area contributed by atoms with E-state index in [0.717, 1.165) is 28.0 Å². The molecule has 0 amide bonds. The van der Waals surface area contributed by atoms with Gasteiger partial charge in [-0.3, -0.25) is 4.68 Å². The van der Waals surface area contributed by atoms with Gasteiger partial charge in [-0.05, 0) is 36.8 Å². The van der Waals surface area contributed by atoms with E-state index < -0.39 is 0 Å². The van der Waals surface area contributed by atoms with Gasteiger partial charge in [0.2, 0.25) is 0 Å². The lowest BCUT2D eigenvalue weighted by molar-refractivity contribution is 0.414. The van der Waals surface area contributed by atoms with Crippen LogP contribution in [0.1, 0.15) is 24.2 Å². The number of benzene rings is 1. The average molecular weight is 310 g/mol. The molecule has 0 saturated heterocycles. The van der Waals surface area contributed by atoms with E-state index in [1.807, 2.05) is 35.9 Å². The molecule has 96 valence electrons. The zero-order valence-electron chi connectivity index (χ0n) is 10.4. The summed E-state index contributed by atoms with van der Waals surface area (Å²) in [5, 5.41) is 4.24. The van der Waals surface area contributed by atoms with E-state index in [2.05, 4.69) is 21.0 Å². The molecule has 1 atom stereocenters. The second-order valence-corrected chi connectivity index (χ2v) is 4.79. The summed E-state index contributed by atoms with van der Waals surface area (Å²) in [6, 6.07) is 7.51. The first-order valence-electron chi connectivity index (χ1n) is 5.78. The van der Waals surface area contributed by atoms with Gasteiger partial charge in [-0.15, -0.1) is 0 Å². The summed E-state index contributed by atoms with van der Waals surface area (Å²) in [5.74, 6) is 0.797. The summed E-state index contributed by atoms with van der Waals surface area (Å²) in [6.45, 7) is 2.85. The number of rotatable bonds is 4. The van der Waals surface area contributed by atoms with Crippen molar-refractivity contribution in [2.45, 2.75) is 19.5 Å². The first-order valence-corrected chi connectivity index (χ1v) is 6.57. The Balaban J connectivity index is 2.42. The molecule has 1 aromatic carbocycles. The summed E-state index contributed by atoms with van der Waals surface area (Å²) in [6.07, 6.45) is 1.77. The Morgan fingerprint density at radius 1 is 1.44 bits per heavy atom. The number of hydrogen-bond donors (Lipinski definition) is 1. The minimum Gasteiger partial charge on any atom is -0.497 e. The Morgan fingerprint density at radius 3 is 2.89 bits per heavy atom. The lowest BCUT2D eigenvalue weighted by atomic mass is 10.0.